The van der Waals surface area contributed by atoms with E-state index in [2.05, 4.69) is 34.3 Å². The molecule has 1 saturated carbocycles. The van der Waals surface area contributed by atoms with E-state index in [1.165, 1.54) is 24.1 Å². The number of aromatic nitrogens is 3. The number of carbonyl (C=O) groups excluding carboxylic acids is 1. The van der Waals surface area contributed by atoms with E-state index in [9.17, 15) is 4.79 Å². The number of nitrogens with zero attached hydrogens (tertiary/aromatic N) is 5. The van der Waals surface area contributed by atoms with Gasteiger partial charge in [0.05, 0.1) is 16.6 Å². The molecule has 2 fully saturated rings. The molecule has 1 aliphatic carbocycles. The first-order chi connectivity index (χ1) is 14.5. The molecule has 6 heteroatoms. The lowest BCUT2D eigenvalue weighted by molar-refractivity contribution is 0.0787. The zero-order chi connectivity index (χ0) is 20.8. The van der Waals surface area contributed by atoms with Gasteiger partial charge in [0, 0.05) is 51.0 Å². The molecule has 1 saturated heterocycles. The molecule has 0 bridgehead atoms. The fraction of sp³-hybridized carbons (Fsp3) is 0.458. The van der Waals surface area contributed by atoms with Crippen molar-refractivity contribution in [1.29, 1.82) is 0 Å². The van der Waals surface area contributed by atoms with E-state index in [0.29, 0.717) is 12.5 Å². The lowest BCUT2D eigenvalue weighted by atomic mass is 10.1. The average Bonchev–Trinajstić information content (AvgIpc) is 3.38. The van der Waals surface area contributed by atoms with Gasteiger partial charge in [0.25, 0.3) is 5.91 Å². The molecule has 3 aromatic rings. The predicted octanol–water partition coefficient (Wildman–Crippen LogP) is 4.03. The fourth-order valence-electron chi connectivity index (χ4n) is 4.67. The first-order valence-corrected chi connectivity index (χ1v) is 11.0. The highest BCUT2D eigenvalue weighted by Crippen LogP contribution is 2.40. The van der Waals surface area contributed by atoms with Crippen molar-refractivity contribution in [2.45, 2.75) is 45.1 Å². The standard InChI is InChI=1S/C24H29N5O/c1-16-22-19(14-20(17-10-11-17)25-23(22)28(3)26-16)24(30)27(2)15-18-8-4-5-9-21(18)29-12-6-7-13-29/h4-5,8-9,14,17H,6-7,10-13,15H2,1-3H3. The number of hydrogen-bond acceptors (Lipinski definition) is 4. The number of rotatable bonds is 5. The van der Waals surface area contributed by atoms with E-state index in [-0.39, 0.29) is 5.91 Å². The van der Waals surface area contributed by atoms with Crippen LogP contribution in [0, 0.1) is 6.92 Å². The van der Waals surface area contributed by atoms with Crippen molar-refractivity contribution < 1.29 is 4.79 Å². The van der Waals surface area contributed by atoms with Crippen molar-refractivity contribution in [3.63, 3.8) is 0 Å². The summed E-state index contributed by atoms with van der Waals surface area (Å²) >= 11 is 0. The summed E-state index contributed by atoms with van der Waals surface area (Å²) in [5.74, 6) is 0.522. The molecule has 2 aliphatic rings. The molecule has 1 amide bonds. The maximum atomic E-state index is 13.6. The largest absolute Gasteiger partial charge is 0.371 e. The van der Waals surface area contributed by atoms with Crippen LogP contribution in [0.3, 0.4) is 0 Å². The van der Waals surface area contributed by atoms with Gasteiger partial charge in [-0.3, -0.25) is 9.48 Å². The quantitative estimate of drug-likeness (QED) is 0.646. The Labute approximate surface area is 177 Å². The minimum Gasteiger partial charge on any atom is -0.371 e. The van der Waals surface area contributed by atoms with E-state index in [0.717, 1.165) is 53.9 Å². The Kier molecular flexibility index (Phi) is 4.72. The first-order valence-electron chi connectivity index (χ1n) is 11.0. The number of aryl methyl sites for hydroxylation is 2. The minimum absolute atomic E-state index is 0.0385. The molecular formula is C24H29N5O. The van der Waals surface area contributed by atoms with E-state index < -0.39 is 0 Å². The van der Waals surface area contributed by atoms with Gasteiger partial charge >= 0.3 is 0 Å². The topological polar surface area (TPSA) is 54.3 Å². The van der Waals surface area contributed by atoms with Gasteiger partial charge < -0.3 is 9.80 Å². The summed E-state index contributed by atoms with van der Waals surface area (Å²) in [5, 5.41) is 5.42. The number of anilines is 1. The van der Waals surface area contributed by atoms with Crippen LogP contribution in [0.1, 0.15) is 58.9 Å². The average molecular weight is 404 g/mol. The summed E-state index contributed by atoms with van der Waals surface area (Å²) in [7, 11) is 3.81. The molecule has 0 radical (unpaired) electrons. The van der Waals surface area contributed by atoms with Crippen molar-refractivity contribution in [1.82, 2.24) is 19.7 Å². The highest BCUT2D eigenvalue weighted by molar-refractivity contribution is 6.06. The van der Waals surface area contributed by atoms with Crippen molar-refractivity contribution in [2.24, 2.45) is 7.05 Å². The highest BCUT2D eigenvalue weighted by Gasteiger charge is 2.29. The monoisotopic (exact) mass is 403 g/mol. The van der Waals surface area contributed by atoms with Crippen LogP contribution in [-0.4, -0.2) is 45.7 Å². The van der Waals surface area contributed by atoms with Gasteiger partial charge in [-0.25, -0.2) is 4.98 Å². The van der Waals surface area contributed by atoms with Crippen LogP contribution < -0.4 is 4.90 Å². The summed E-state index contributed by atoms with van der Waals surface area (Å²) in [5.41, 5.74) is 5.88. The Hall–Kier alpha value is -2.89. The summed E-state index contributed by atoms with van der Waals surface area (Å²) < 4.78 is 1.80. The van der Waals surface area contributed by atoms with Gasteiger partial charge in [-0.05, 0) is 50.3 Å². The minimum atomic E-state index is 0.0385. The number of amides is 1. The van der Waals surface area contributed by atoms with Crippen molar-refractivity contribution in [2.75, 3.05) is 25.0 Å². The molecule has 1 aromatic carbocycles. The second kappa shape index (κ2) is 7.42. The zero-order valence-electron chi connectivity index (χ0n) is 18.1. The second-order valence-electron chi connectivity index (χ2n) is 8.76. The molecule has 5 rings (SSSR count). The molecule has 2 aromatic heterocycles. The van der Waals surface area contributed by atoms with Gasteiger partial charge in [0.15, 0.2) is 5.65 Å². The number of pyridine rings is 1. The van der Waals surface area contributed by atoms with E-state index in [1.54, 1.807) is 4.68 Å². The summed E-state index contributed by atoms with van der Waals surface area (Å²) in [4.78, 5) is 22.7. The predicted molar refractivity (Wildman–Crippen MR) is 119 cm³/mol. The lowest BCUT2D eigenvalue weighted by Crippen LogP contribution is -2.28. The molecule has 0 atom stereocenters. The first kappa shape index (κ1) is 19.1. The summed E-state index contributed by atoms with van der Waals surface area (Å²) in [6, 6.07) is 10.5. The number of fused-ring (bicyclic) bond motifs is 1. The van der Waals surface area contributed by atoms with Gasteiger partial charge in [0.2, 0.25) is 0 Å². The summed E-state index contributed by atoms with van der Waals surface area (Å²) in [6.07, 6.45) is 4.79. The zero-order valence-corrected chi connectivity index (χ0v) is 18.1. The van der Waals surface area contributed by atoms with Crippen LogP contribution >= 0.6 is 0 Å². The Morgan fingerprint density at radius 3 is 2.67 bits per heavy atom. The maximum Gasteiger partial charge on any atom is 0.254 e. The Bertz CT molecular complexity index is 1110. The van der Waals surface area contributed by atoms with Crippen LogP contribution in [0.15, 0.2) is 30.3 Å². The van der Waals surface area contributed by atoms with Crippen LogP contribution in [0.4, 0.5) is 5.69 Å². The summed E-state index contributed by atoms with van der Waals surface area (Å²) in [6.45, 7) is 4.74. The Morgan fingerprint density at radius 1 is 1.20 bits per heavy atom. The van der Waals surface area contributed by atoms with Crippen molar-refractivity contribution in [3.8, 4) is 0 Å². The molecule has 3 heterocycles. The van der Waals surface area contributed by atoms with Crippen molar-refractivity contribution in [3.05, 3.63) is 52.8 Å². The number of para-hydroxylation sites is 1. The molecule has 0 N–H and O–H groups in total. The Morgan fingerprint density at radius 2 is 1.93 bits per heavy atom. The van der Waals surface area contributed by atoms with Crippen LogP contribution in [0.25, 0.3) is 11.0 Å². The third kappa shape index (κ3) is 3.34. The molecule has 6 nitrogen and oxygen atoms in total. The molecule has 156 valence electrons. The van der Waals surface area contributed by atoms with E-state index >= 15 is 0 Å². The second-order valence-corrected chi connectivity index (χ2v) is 8.76. The third-order valence-corrected chi connectivity index (χ3v) is 6.41. The van der Waals surface area contributed by atoms with Crippen LogP contribution in [0.2, 0.25) is 0 Å². The third-order valence-electron chi connectivity index (χ3n) is 6.41. The lowest BCUT2D eigenvalue weighted by Gasteiger charge is -2.25. The molecule has 30 heavy (non-hydrogen) atoms. The number of carbonyl (C=O) groups is 1. The van der Waals surface area contributed by atoms with Gasteiger partial charge in [-0.15, -0.1) is 0 Å². The SMILES string of the molecule is Cc1nn(C)c2nc(C3CC3)cc(C(=O)N(C)Cc3ccccc3N3CCCC3)c12. The van der Waals surface area contributed by atoms with Crippen LogP contribution in [0.5, 0.6) is 0 Å². The highest BCUT2D eigenvalue weighted by atomic mass is 16.2. The molecule has 0 spiro atoms. The molecule has 1 aliphatic heterocycles. The number of hydrogen-bond donors (Lipinski definition) is 0. The van der Waals surface area contributed by atoms with E-state index in [4.69, 9.17) is 4.98 Å². The van der Waals surface area contributed by atoms with E-state index in [1.807, 2.05) is 32.0 Å². The van der Waals surface area contributed by atoms with Crippen molar-refractivity contribution >= 4 is 22.6 Å². The normalized spacial score (nSPS) is 16.4. The fourth-order valence-corrected chi connectivity index (χ4v) is 4.67. The van der Waals surface area contributed by atoms with Gasteiger partial charge in [0.1, 0.15) is 0 Å². The molecular weight excluding hydrogens is 374 g/mol. The maximum absolute atomic E-state index is 13.6. The van der Waals surface area contributed by atoms with Gasteiger partial charge in [-0.2, -0.15) is 5.10 Å². The Balaban J connectivity index is 1.49. The molecule has 0 unspecified atom stereocenters. The number of benzene rings is 1. The van der Waals surface area contributed by atoms with Gasteiger partial charge in [-0.1, -0.05) is 18.2 Å². The van der Waals surface area contributed by atoms with Crippen LogP contribution in [-0.2, 0) is 13.6 Å². The smallest absolute Gasteiger partial charge is 0.254 e.